The van der Waals surface area contributed by atoms with Crippen LogP contribution in [0, 0.1) is 0 Å². The first kappa shape index (κ1) is 31.3. The van der Waals surface area contributed by atoms with E-state index in [1.807, 2.05) is 18.2 Å². The van der Waals surface area contributed by atoms with E-state index in [-0.39, 0.29) is 19.9 Å². The topological polar surface area (TPSA) is 38.7 Å². The van der Waals surface area contributed by atoms with E-state index < -0.39 is 0 Å². The summed E-state index contributed by atoms with van der Waals surface area (Å²) in [6, 6.07) is 59.1. The third kappa shape index (κ3) is 4.71. The third-order valence-corrected chi connectivity index (χ3v) is 14.0. The van der Waals surface area contributed by atoms with Crippen molar-refractivity contribution in [3.8, 4) is 56.4 Å². The molecule has 0 fully saturated rings. The van der Waals surface area contributed by atoms with Gasteiger partial charge in [0.1, 0.15) is 0 Å². The Hall–Kier alpha value is -6.19. The minimum atomic E-state index is -0.134. The van der Waals surface area contributed by atoms with Gasteiger partial charge >= 0.3 is 297 Å². The second-order valence-corrected chi connectivity index (χ2v) is 16.9. The molecule has 0 atom stereocenters. The summed E-state index contributed by atoms with van der Waals surface area (Å²) in [7, 11) is 0. The SMILES string of the molecule is CC1(C)c2ccccc2-c2ccc(-c3nc(-c4ccccc4)nc(-c4cc5c6cccc(-c7ccccc7)c6[se]c5c5c4ccc4ccccc45)n3)cc21. The Kier molecular flexibility index (Phi) is 6.91. The van der Waals surface area contributed by atoms with Gasteiger partial charge in [-0.1, -0.05) is 24.3 Å². The van der Waals surface area contributed by atoms with Crippen LogP contribution in [-0.4, -0.2) is 29.5 Å². The zero-order chi connectivity index (χ0) is 36.0. The number of hydrogen-bond acceptors (Lipinski definition) is 3. The second-order valence-electron chi connectivity index (χ2n) is 14.8. The van der Waals surface area contributed by atoms with Crippen LogP contribution in [0.15, 0.2) is 164 Å². The van der Waals surface area contributed by atoms with E-state index in [1.165, 1.54) is 74.2 Å². The van der Waals surface area contributed by atoms with Gasteiger partial charge in [-0.15, -0.1) is 0 Å². The summed E-state index contributed by atoms with van der Waals surface area (Å²) in [6.45, 7) is 4.64. The fourth-order valence-electron chi connectivity index (χ4n) is 8.65. The molecule has 2 aromatic heterocycles. The molecule has 4 heteroatoms. The molecule has 0 unspecified atom stereocenters. The number of rotatable bonds is 4. The standard InChI is InChI=1S/C50H33N3Se/c1-50(2)42-23-12-11-20-36(42)37-26-25-33(28-43(37)50)48-51-47(32-17-7-4-8-18-32)52-49(53-48)41-29-40-39-22-13-21-35(30-14-5-3-6-15-30)45(39)54-46(40)44-34-19-10-9-16-31(34)24-27-38(41)44/h3-29H,1-2H3. The zero-order valence-corrected chi connectivity index (χ0v) is 31.6. The molecule has 3 nitrogen and oxygen atoms in total. The second kappa shape index (κ2) is 11.9. The maximum absolute atomic E-state index is 5.38. The first-order chi connectivity index (χ1) is 26.5. The fraction of sp³-hybridized carbons (Fsp3) is 0.0600. The molecular weight excluding hydrogens is 722 g/mol. The van der Waals surface area contributed by atoms with Crippen molar-refractivity contribution >= 4 is 55.3 Å². The molecule has 54 heavy (non-hydrogen) atoms. The Balaban J connectivity index is 1.21. The van der Waals surface area contributed by atoms with Gasteiger partial charge in [0.05, 0.1) is 0 Å². The molecule has 1 aliphatic rings. The average Bonchev–Trinajstić information content (AvgIpc) is 3.72. The average molecular weight is 755 g/mol. The molecule has 10 aromatic rings. The van der Waals surface area contributed by atoms with Crippen LogP contribution in [0.1, 0.15) is 25.0 Å². The minimum absolute atomic E-state index is 0.103. The number of fused-ring (bicyclic) bond motifs is 10. The predicted octanol–water partition coefficient (Wildman–Crippen LogP) is 12.5. The van der Waals surface area contributed by atoms with E-state index >= 15 is 0 Å². The van der Waals surface area contributed by atoms with Crippen molar-refractivity contribution in [2.24, 2.45) is 0 Å². The molecular formula is C50H33N3Se. The van der Waals surface area contributed by atoms with Crippen molar-refractivity contribution in [2.75, 3.05) is 0 Å². The summed E-state index contributed by atoms with van der Waals surface area (Å²) in [5, 5.41) is 7.56. The first-order valence-electron chi connectivity index (χ1n) is 18.4. The normalized spacial score (nSPS) is 13.1. The third-order valence-electron chi connectivity index (χ3n) is 11.3. The van der Waals surface area contributed by atoms with Gasteiger partial charge in [-0.3, -0.25) is 0 Å². The van der Waals surface area contributed by atoms with Gasteiger partial charge in [0.2, 0.25) is 0 Å². The Morgan fingerprint density at radius 2 is 1.04 bits per heavy atom. The van der Waals surface area contributed by atoms with E-state index in [1.54, 1.807) is 0 Å². The van der Waals surface area contributed by atoms with Crippen LogP contribution in [0.2, 0.25) is 0 Å². The molecule has 254 valence electrons. The quantitative estimate of drug-likeness (QED) is 0.133. The van der Waals surface area contributed by atoms with Crippen molar-refractivity contribution in [1.29, 1.82) is 0 Å². The molecule has 0 amide bonds. The van der Waals surface area contributed by atoms with Crippen LogP contribution in [0.4, 0.5) is 0 Å². The molecule has 0 saturated carbocycles. The Morgan fingerprint density at radius 1 is 0.389 bits per heavy atom. The van der Waals surface area contributed by atoms with Crippen molar-refractivity contribution in [3.63, 3.8) is 0 Å². The van der Waals surface area contributed by atoms with Crippen LogP contribution in [0.3, 0.4) is 0 Å². The molecule has 1 aliphatic carbocycles. The molecule has 8 aromatic carbocycles. The molecule has 0 spiro atoms. The summed E-state index contributed by atoms with van der Waals surface area (Å²) in [5.74, 6) is 2.04. The first-order valence-corrected chi connectivity index (χ1v) is 20.2. The van der Waals surface area contributed by atoms with Crippen LogP contribution in [0.5, 0.6) is 0 Å². The molecule has 2 heterocycles. The maximum atomic E-state index is 5.38. The fourth-order valence-corrected chi connectivity index (χ4v) is 11.6. The summed E-state index contributed by atoms with van der Waals surface area (Å²) in [4.78, 5) is 15.9. The van der Waals surface area contributed by atoms with E-state index in [4.69, 9.17) is 15.0 Å². The van der Waals surface area contributed by atoms with Gasteiger partial charge in [-0.2, -0.15) is 0 Å². The van der Waals surface area contributed by atoms with E-state index in [0.29, 0.717) is 17.5 Å². The van der Waals surface area contributed by atoms with Crippen molar-refractivity contribution in [3.05, 3.63) is 175 Å². The molecule has 11 rings (SSSR count). The number of hydrogen-bond donors (Lipinski definition) is 0. The van der Waals surface area contributed by atoms with Gasteiger partial charge in [0.25, 0.3) is 0 Å². The van der Waals surface area contributed by atoms with Crippen molar-refractivity contribution in [1.82, 2.24) is 15.0 Å². The Bertz CT molecular complexity index is 3120. The van der Waals surface area contributed by atoms with Crippen molar-refractivity contribution in [2.45, 2.75) is 19.3 Å². The Morgan fingerprint density at radius 3 is 1.87 bits per heavy atom. The van der Waals surface area contributed by atoms with Crippen LogP contribution >= 0.6 is 0 Å². The van der Waals surface area contributed by atoms with Gasteiger partial charge in [-0.05, 0) is 0 Å². The van der Waals surface area contributed by atoms with Gasteiger partial charge in [-0.25, -0.2) is 0 Å². The summed E-state index contributed by atoms with van der Waals surface area (Å²) in [6.07, 6.45) is 0. The summed E-state index contributed by atoms with van der Waals surface area (Å²) in [5.41, 5.74) is 10.7. The predicted molar refractivity (Wildman–Crippen MR) is 226 cm³/mol. The summed E-state index contributed by atoms with van der Waals surface area (Å²) >= 11 is 0.103. The number of nitrogens with zero attached hydrogens (tertiary/aromatic N) is 3. The van der Waals surface area contributed by atoms with Gasteiger partial charge in [0, 0.05) is 0 Å². The summed E-state index contributed by atoms with van der Waals surface area (Å²) < 4.78 is 2.86. The van der Waals surface area contributed by atoms with E-state index in [0.717, 1.165) is 16.7 Å². The molecule has 0 aliphatic heterocycles. The Labute approximate surface area is 319 Å². The molecule has 0 saturated heterocycles. The molecule has 0 N–H and O–H groups in total. The molecule has 0 bridgehead atoms. The van der Waals surface area contributed by atoms with Crippen LogP contribution < -0.4 is 0 Å². The number of benzene rings is 8. The zero-order valence-electron chi connectivity index (χ0n) is 29.8. The van der Waals surface area contributed by atoms with Gasteiger partial charge in [0.15, 0.2) is 0 Å². The van der Waals surface area contributed by atoms with Crippen LogP contribution in [-0.2, 0) is 5.41 Å². The van der Waals surface area contributed by atoms with E-state index in [9.17, 15) is 0 Å². The van der Waals surface area contributed by atoms with Crippen LogP contribution in [0.25, 0.3) is 97.3 Å². The molecule has 0 radical (unpaired) electrons. The van der Waals surface area contributed by atoms with Crippen molar-refractivity contribution < 1.29 is 0 Å². The van der Waals surface area contributed by atoms with E-state index in [2.05, 4.69) is 159 Å². The monoisotopic (exact) mass is 755 g/mol. The number of aromatic nitrogens is 3. The van der Waals surface area contributed by atoms with Gasteiger partial charge < -0.3 is 0 Å².